The molecule has 0 amide bonds. The van der Waals surface area contributed by atoms with Crippen molar-refractivity contribution in [3.8, 4) is 0 Å². The first kappa shape index (κ1) is 12.0. The number of aliphatic hydroxyl groups excluding tert-OH is 1. The summed E-state index contributed by atoms with van der Waals surface area (Å²) in [5.74, 6) is 0. The van der Waals surface area contributed by atoms with E-state index in [1.165, 1.54) is 38.8 Å². The van der Waals surface area contributed by atoms with E-state index >= 15 is 0 Å². The highest BCUT2D eigenvalue weighted by molar-refractivity contribution is 4.84. The lowest BCUT2D eigenvalue weighted by Crippen LogP contribution is -2.42. The second-order valence-corrected chi connectivity index (χ2v) is 4.86. The number of likely N-dealkylation sites (tertiary alicyclic amines) is 1. The van der Waals surface area contributed by atoms with E-state index in [1.807, 2.05) is 6.92 Å². The monoisotopic (exact) mass is 199 g/mol. The van der Waals surface area contributed by atoms with Crippen LogP contribution in [0.4, 0.5) is 0 Å². The first-order valence-electron chi connectivity index (χ1n) is 6.02. The topological polar surface area (TPSA) is 23.5 Å². The first-order valence-corrected chi connectivity index (χ1v) is 6.02. The van der Waals surface area contributed by atoms with Gasteiger partial charge in [-0.1, -0.05) is 26.7 Å². The fourth-order valence-corrected chi connectivity index (χ4v) is 2.54. The van der Waals surface area contributed by atoms with Crippen molar-refractivity contribution in [3.05, 3.63) is 0 Å². The number of hydrogen-bond acceptors (Lipinski definition) is 2. The largest absolute Gasteiger partial charge is 0.392 e. The van der Waals surface area contributed by atoms with Gasteiger partial charge in [-0.15, -0.1) is 0 Å². The molecule has 0 saturated carbocycles. The summed E-state index contributed by atoms with van der Waals surface area (Å²) in [6, 6.07) is 0. The molecule has 2 heteroatoms. The predicted octanol–water partition coefficient (Wildman–Crippen LogP) is 2.27. The fourth-order valence-electron chi connectivity index (χ4n) is 2.54. The van der Waals surface area contributed by atoms with Crippen LogP contribution >= 0.6 is 0 Å². The maximum absolute atomic E-state index is 9.31. The van der Waals surface area contributed by atoms with Crippen LogP contribution in [0.15, 0.2) is 0 Å². The van der Waals surface area contributed by atoms with E-state index in [4.69, 9.17) is 0 Å². The summed E-state index contributed by atoms with van der Waals surface area (Å²) in [5, 5.41) is 9.31. The number of piperidine rings is 1. The van der Waals surface area contributed by atoms with Crippen molar-refractivity contribution in [2.75, 3.05) is 19.6 Å². The van der Waals surface area contributed by atoms with Crippen LogP contribution in [0.2, 0.25) is 0 Å². The Bertz CT molecular complexity index is 154. The molecule has 1 atom stereocenters. The number of hydrogen-bond donors (Lipinski definition) is 1. The van der Waals surface area contributed by atoms with Gasteiger partial charge in [0.1, 0.15) is 0 Å². The van der Waals surface area contributed by atoms with Crippen LogP contribution in [0.5, 0.6) is 0 Å². The zero-order valence-corrected chi connectivity index (χ0v) is 9.92. The van der Waals surface area contributed by atoms with Crippen molar-refractivity contribution in [3.63, 3.8) is 0 Å². The minimum atomic E-state index is -0.175. The molecule has 1 rings (SSSR count). The Labute approximate surface area is 88.3 Å². The highest BCUT2D eigenvalue weighted by Gasteiger charge is 2.31. The van der Waals surface area contributed by atoms with Crippen molar-refractivity contribution in [2.45, 2.75) is 52.6 Å². The van der Waals surface area contributed by atoms with Gasteiger partial charge in [-0.05, 0) is 38.3 Å². The molecule has 0 aromatic carbocycles. The van der Waals surface area contributed by atoms with E-state index in [9.17, 15) is 5.11 Å². The summed E-state index contributed by atoms with van der Waals surface area (Å²) in [7, 11) is 0. The summed E-state index contributed by atoms with van der Waals surface area (Å²) in [6.07, 6.45) is 5.07. The van der Waals surface area contributed by atoms with Gasteiger partial charge in [-0.2, -0.15) is 0 Å². The number of nitrogens with zero attached hydrogens (tertiary/aromatic N) is 1. The Balaban J connectivity index is 2.37. The van der Waals surface area contributed by atoms with E-state index in [1.54, 1.807) is 0 Å². The molecule has 1 heterocycles. The van der Waals surface area contributed by atoms with Gasteiger partial charge in [0.25, 0.3) is 0 Å². The number of aliphatic hydroxyl groups is 1. The van der Waals surface area contributed by atoms with Gasteiger partial charge >= 0.3 is 0 Å². The second kappa shape index (κ2) is 5.13. The SMILES string of the molecule is CCC1(CC)CCN(CC(C)O)CC1. The average molecular weight is 199 g/mol. The molecule has 2 nitrogen and oxygen atoms in total. The Morgan fingerprint density at radius 1 is 1.21 bits per heavy atom. The molecule has 1 N–H and O–H groups in total. The Kier molecular flexibility index (Phi) is 4.39. The quantitative estimate of drug-likeness (QED) is 0.751. The lowest BCUT2D eigenvalue weighted by Gasteiger charge is -2.41. The third-order valence-electron chi connectivity index (χ3n) is 3.94. The zero-order valence-electron chi connectivity index (χ0n) is 9.92. The molecule has 1 aliphatic rings. The molecular weight excluding hydrogens is 174 g/mol. The highest BCUT2D eigenvalue weighted by atomic mass is 16.3. The predicted molar refractivity (Wildman–Crippen MR) is 60.4 cm³/mol. The van der Waals surface area contributed by atoms with Crippen LogP contribution < -0.4 is 0 Å². The van der Waals surface area contributed by atoms with Gasteiger partial charge in [-0.3, -0.25) is 0 Å². The molecule has 0 aromatic rings. The molecule has 0 spiro atoms. The van der Waals surface area contributed by atoms with Gasteiger partial charge in [0.15, 0.2) is 0 Å². The molecular formula is C12H25NO. The van der Waals surface area contributed by atoms with Crippen LogP contribution in [0.3, 0.4) is 0 Å². The Hall–Kier alpha value is -0.0800. The summed E-state index contributed by atoms with van der Waals surface area (Å²) < 4.78 is 0. The van der Waals surface area contributed by atoms with Crippen LogP contribution in [0, 0.1) is 5.41 Å². The van der Waals surface area contributed by atoms with Gasteiger partial charge in [0.2, 0.25) is 0 Å². The fraction of sp³-hybridized carbons (Fsp3) is 1.00. The molecule has 1 saturated heterocycles. The molecule has 1 aliphatic heterocycles. The van der Waals surface area contributed by atoms with E-state index < -0.39 is 0 Å². The Morgan fingerprint density at radius 3 is 2.07 bits per heavy atom. The maximum atomic E-state index is 9.31. The van der Waals surface area contributed by atoms with Gasteiger partial charge in [0.05, 0.1) is 6.10 Å². The van der Waals surface area contributed by atoms with Crippen LogP contribution in [0.1, 0.15) is 46.5 Å². The van der Waals surface area contributed by atoms with E-state index in [0.717, 1.165) is 6.54 Å². The molecule has 84 valence electrons. The standard InChI is InChI=1S/C12H25NO/c1-4-12(5-2)6-8-13(9-7-12)10-11(3)14/h11,14H,4-10H2,1-3H3. The van der Waals surface area contributed by atoms with Crippen molar-refractivity contribution < 1.29 is 5.11 Å². The van der Waals surface area contributed by atoms with E-state index in [0.29, 0.717) is 5.41 Å². The minimum Gasteiger partial charge on any atom is -0.392 e. The van der Waals surface area contributed by atoms with Gasteiger partial charge in [-0.25, -0.2) is 0 Å². The lowest BCUT2D eigenvalue weighted by atomic mass is 9.74. The molecule has 14 heavy (non-hydrogen) atoms. The molecule has 1 unspecified atom stereocenters. The summed E-state index contributed by atoms with van der Waals surface area (Å²) in [4.78, 5) is 2.40. The van der Waals surface area contributed by atoms with Gasteiger partial charge < -0.3 is 10.0 Å². The summed E-state index contributed by atoms with van der Waals surface area (Å²) in [5.41, 5.74) is 0.606. The zero-order chi connectivity index (χ0) is 10.6. The number of rotatable bonds is 4. The molecule has 0 aromatic heterocycles. The second-order valence-electron chi connectivity index (χ2n) is 4.86. The molecule has 1 fully saturated rings. The van der Waals surface area contributed by atoms with E-state index in [2.05, 4.69) is 18.7 Å². The van der Waals surface area contributed by atoms with Crippen molar-refractivity contribution >= 4 is 0 Å². The summed E-state index contributed by atoms with van der Waals surface area (Å²) in [6.45, 7) is 9.70. The molecule has 0 bridgehead atoms. The normalized spacial score (nSPS) is 24.9. The Morgan fingerprint density at radius 2 is 1.71 bits per heavy atom. The third kappa shape index (κ3) is 2.96. The minimum absolute atomic E-state index is 0.175. The van der Waals surface area contributed by atoms with Crippen LogP contribution in [-0.2, 0) is 0 Å². The van der Waals surface area contributed by atoms with Crippen molar-refractivity contribution in [1.82, 2.24) is 4.90 Å². The first-order chi connectivity index (χ1) is 6.62. The van der Waals surface area contributed by atoms with Crippen LogP contribution in [-0.4, -0.2) is 35.7 Å². The van der Waals surface area contributed by atoms with Gasteiger partial charge in [0, 0.05) is 6.54 Å². The molecule has 0 aliphatic carbocycles. The highest BCUT2D eigenvalue weighted by Crippen LogP contribution is 2.37. The maximum Gasteiger partial charge on any atom is 0.0639 e. The van der Waals surface area contributed by atoms with E-state index in [-0.39, 0.29) is 6.10 Å². The average Bonchev–Trinajstić information content (AvgIpc) is 2.19. The van der Waals surface area contributed by atoms with Crippen LogP contribution in [0.25, 0.3) is 0 Å². The third-order valence-corrected chi connectivity index (χ3v) is 3.94. The number of β-amino-alcohol motifs (C(OH)–C–C–N with tert-alkyl or cyclic N) is 1. The molecule has 0 radical (unpaired) electrons. The smallest absolute Gasteiger partial charge is 0.0639 e. The van der Waals surface area contributed by atoms with Crippen molar-refractivity contribution in [1.29, 1.82) is 0 Å². The van der Waals surface area contributed by atoms with Crippen molar-refractivity contribution in [2.24, 2.45) is 5.41 Å². The lowest BCUT2D eigenvalue weighted by molar-refractivity contribution is 0.0595. The summed E-state index contributed by atoms with van der Waals surface area (Å²) >= 11 is 0.